The molecule has 0 rings (SSSR count). The van der Waals surface area contributed by atoms with E-state index in [1.54, 1.807) is 13.8 Å². The minimum absolute atomic E-state index is 0.206. The van der Waals surface area contributed by atoms with Gasteiger partial charge in [-0.1, -0.05) is 0 Å². The second-order valence-corrected chi connectivity index (χ2v) is 2.01. The van der Waals surface area contributed by atoms with Crippen molar-refractivity contribution >= 4 is 17.7 Å². The van der Waals surface area contributed by atoms with Crippen LogP contribution in [-0.2, 0) is 19.1 Å². The Morgan fingerprint density at radius 3 is 1.69 bits per heavy atom. The van der Waals surface area contributed by atoms with Gasteiger partial charge >= 0.3 is 11.9 Å². The van der Waals surface area contributed by atoms with Gasteiger partial charge in [0.05, 0.1) is 13.2 Å². The van der Waals surface area contributed by atoms with Crippen LogP contribution in [0.15, 0.2) is 4.99 Å². The zero-order chi connectivity index (χ0) is 10.3. The Morgan fingerprint density at radius 2 is 1.46 bits per heavy atom. The van der Waals surface area contributed by atoms with Crippen molar-refractivity contribution in [2.75, 3.05) is 20.3 Å². The van der Waals surface area contributed by atoms with Crippen molar-refractivity contribution in [3.63, 3.8) is 0 Å². The summed E-state index contributed by atoms with van der Waals surface area (Å²) in [6, 6.07) is 0. The standard InChI is InChI=1S/C8H13NO4/c1-4-12-7(10)6(9-3)8(11)13-5-2/h4-5H2,1-3H3. The Morgan fingerprint density at radius 1 is 1.08 bits per heavy atom. The summed E-state index contributed by atoms with van der Waals surface area (Å²) < 4.78 is 9.18. The highest BCUT2D eigenvalue weighted by Gasteiger charge is 2.21. The average Bonchev–Trinajstić information content (AvgIpc) is 2.06. The van der Waals surface area contributed by atoms with Gasteiger partial charge < -0.3 is 9.47 Å². The molecule has 13 heavy (non-hydrogen) atoms. The van der Waals surface area contributed by atoms with Crippen LogP contribution >= 0.6 is 0 Å². The minimum Gasteiger partial charge on any atom is -0.461 e. The summed E-state index contributed by atoms with van der Waals surface area (Å²) in [7, 11) is 1.34. The monoisotopic (exact) mass is 187 g/mol. The zero-order valence-electron chi connectivity index (χ0n) is 7.99. The molecule has 0 radical (unpaired) electrons. The summed E-state index contributed by atoms with van der Waals surface area (Å²) in [6.07, 6.45) is 0. The van der Waals surface area contributed by atoms with Gasteiger partial charge in [-0.3, -0.25) is 4.99 Å². The molecule has 0 N–H and O–H groups in total. The molecule has 0 saturated heterocycles. The molecule has 0 aromatic heterocycles. The molecule has 5 heteroatoms. The molecule has 0 heterocycles. The second kappa shape index (κ2) is 6.16. The smallest absolute Gasteiger partial charge is 0.364 e. The number of hydrogen-bond acceptors (Lipinski definition) is 5. The Hall–Kier alpha value is -1.39. The first-order chi connectivity index (χ1) is 6.17. The molecule has 0 spiro atoms. The van der Waals surface area contributed by atoms with E-state index in [2.05, 4.69) is 14.5 Å². The van der Waals surface area contributed by atoms with E-state index in [0.29, 0.717) is 0 Å². The molecule has 5 nitrogen and oxygen atoms in total. The van der Waals surface area contributed by atoms with E-state index in [1.165, 1.54) is 7.05 Å². The highest BCUT2D eigenvalue weighted by molar-refractivity contribution is 6.62. The molecular weight excluding hydrogens is 174 g/mol. The van der Waals surface area contributed by atoms with Crippen molar-refractivity contribution < 1.29 is 19.1 Å². The van der Waals surface area contributed by atoms with Gasteiger partial charge in [0.25, 0.3) is 0 Å². The van der Waals surface area contributed by atoms with Crippen LogP contribution in [0.2, 0.25) is 0 Å². The fourth-order valence-corrected chi connectivity index (χ4v) is 0.665. The molecular formula is C8H13NO4. The second-order valence-electron chi connectivity index (χ2n) is 2.01. The first-order valence-electron chi connectivity index (χ1n) is 3.98. The summed E-state index contributed by atoms with van der Waals surface area (Å²) in [5, 5.41) is 0. The largest absolute Gasteiger partial charge is 0.461 e. The quantitative estimate of drug-likeness (QED) is 0.358. The molecule has 0 aliphatic carbocycles. The molecule has 0 amide bonds. The van der Waals surface area contributed by atoms with Gasteiger partial charge in [-0.2, -0.15) is 0 Å². The third-order valence-electron chi connectivity index (χ3n) is 1.16. The van der Waals surface area contributed by atoms with E-state index in [1.807, 2.05) is 0 Å². The lowest BCUT2D eigenvalue weighted by atomic mass is 10.4. The molecule has 0 aliphatic rings. The van der Waals surface area contributed by atoms with Crippen LogP contribution in [-0.4, -0.2) is 37.9 Å². The van der Waals surface area contributed by atoms with Gasteiger partial charge in [0.1, 0.15) is 0 Å². The lowest BCUT2D eigenvalue weighted by Gasteiger charge is -2.03. The van der Waals surface area contributed by atoms with Crippen LogP contribution in [0, 0.1) is 0 Å². The first-order valence-corrected chi connectivity index (χ1v) is 3.98. The van der Waals surface area contributed by atoms with E-state index in [0.717, 1.165) is 0 Å². The van der Waals surface area contributed by atoms with E-state index in [9.17, 15) is 9.59 Å². The predicted molar refractivity (Wildman–Crippen MR) is 46.6 cm³/mol. The van der Waals surface area contributed by atoms with Gasteiger partial charge in [0.15, 0.2) is 0 Å². The zero-order valence-corrected chi connectivity index (χ0v) is 7.99. The van der Waals surface area contributed by atoms with Crippen molar-refractivity contribution in [2.45, 2.75) is 13.8 Å². The highest BCUT2D eigenvalue weighted by Crippen LogP contribution is 1.89. The number of hydrogen-bond donors (Lipinski definition) is 0. The van der Waals surface area contributed by atoms with Crippen molar-refractivity contribution in [1.29, 1.82) is 0 Å². The number of esters is 2. The molecule has 74 valence electrons. The number of nitrogens with zero attached hydrogens (tertiary/aromatic N) is 1. The van der Waals surface area contributed by atoms with E-state index in [-0.39, 0.29) is 18.9 Å². The first kappa shape index (κ1) is 11.6. The topological polar surface area (TPSA) is 65.0 Å². The van der Waals surface area contributed by atoms with E-state index in [4.69, 9.17) is 0 Å². The van der Waals surface area contributed by atoms with Gasteiger partial charge in [0, 0.05) is 7.05 Å². The summed E-state index contributed by atoms with van der Waals surface area (Å²) in [5.74, 6) is -1.49. The van der Waals surface area contributed by atoms with E-state index < -0.39 is 11.9 Å². The minimum atomic E-state index is -0.747. The van der Waals surface area contributed by atoms with Crippen LogP contribution in [0.1, 0.15) is 13.8 Å². The molecule has 0 atom stereocenters. The fraction of sp³-hybridized carbons (Fsp3) is 0.625. The van der Waals surface area contributed by atoms with Crippen LogP contribution < -0.4 is 0 Å². The van der Waals surface area contributed by atoms with Crippen LogP contribution in [0.3, 0.4) is 0 Å². The van der Waals surface area contributed by atoms with Crippen molar-refractivity contribution in [3.05, 3.63) is 0 Å². The number of carbonyl (C=O) groups excluding carboxylic acids is 2. The molecule has 0 aromatic rings. The van der Waals surface area contributed by atoms with Gasteiger partial charge in [-0.15, -0.1) is 0 Å². The Balaban J connectivity index is 4.35. The van der Waals surface area contributed by atoms with Gasteiger partial charge in [-0.25, -0.2) is 9.59 Å². The highest BCUT2D eigenvalue weighted by atomic mass is 16.6. The lowest BCUT2D eigenvalue weighted by molar-refractivity contribution is -0.140. The molecule has 0 aliphatic heterocycles. The number of carbonyl (C=O) groups is 2. The van der Waals surface area contributed by atoms with Crippen LogP contribution in [0.4, 0.5) is 0 Å². The normalized spacial score (nSPS) is 8.85. The van der Waals surface area contributed by atoms with Crippen LogP contribution in [0.5, 0.6) is 0 Å². The fourth-order valence-electron chi connectivity index (χ4n) is 0.665. The SMILES string of the molecule is CCOC(=O)C(=NC)C(=O)OCC. The Labute approximate surface area is 76.7 Å². The van der Waals surface area contributed by atoms with Crippen molar-refractivity contribution in [1.82, 2.24) is 0 Å². The molecule has 0 bridgehead atoms. The third-order valence-corrected chi connectivity index (χ3v) is 1.16. The van der Waals surface area contributed by atoms with Crippen molar-refractivity contribution in [3.8, 4) is 0 Å². The summed E-state index contributed by atoms with van der Waals surface area (Å²) in [4.78, 5) is 25.6. The van der Waals surface area contributed by atoms with Crippen molar-refractivity contribution in [2.24, 2.45) is 4.99 Å². The average molecular weight is 187 g/mol. The maximum Gasteiger partial charge on any atom is 0.364 e. The molecule has 0 fully saturated rings. The molecule has 0 unspecified atom stereocenters. The maximum absolute atomic E-state index is 11.0. The Kier molecular flexibility index (Phi) is 5.50. The summed E-state index contributed by atoms with van der Waals surface area (Å²) in [5.41, 5.74) is -0.302. The summed E-state index contributed by atoms with van der Waals surface area (Å²) >= 11 is 0. The third kappa shape index (κ3) is 3.68. The number of aliphatic imine (C=N–C) groups is 1. The number of rotatable bonds is 4. The maximum atomic E-state index is 11.0. The van der Waals surface area contributed by atoms with Gasteiger partial charge in [0.2, 0.25) is 5.71 Å². The lowest BCUT2D eigenvalue weighted by Crippen LogP contribution is -2.28. The summed E-state index contributed by atoms with van der Waals surface area (Å²) in [6.45, 7) is 3.71. The van der Waals surface area contributed by atoms with Gasteiger partial charge in [-0.05, 0) is 13.8 Å². The van der Waals surface area contributed by atoms with Crippen LogP contribution in [0.25, 0.3) is 0 Å². The van der Waals surface area contributed by atoms with E-state index >= 15 is 0 Å². The predicted octanol–water partition coefficient (Wildman–Crippen LogP) is 0.183. The number of ether oxygens (including phenoxy) is 2. The molecule has 0 saturated carbocycles. The Bertz CT molecular complexity index is 202. The molecule has 0 aromatic carbocycles.